The molecule has 0 aliphatic rings. The minimum Gasteiger partial charge on any atom is -0.444 e. The Kier molecular flexibility index (Phi) is 7.65. The fraction of sp³-hybridized carbons (Fsp3) is 0.435. The largest absolute Gasteiger partial charge is 0.444 e. The van der Waals surface area contributed by atoms with Gasteiger partial charge in [-0.3, -0.25) is 4.99 Å². The predicted octanol–water partition coefficient (Wildman–Crippen LogP) is 4.45. The summed E-state index contributed by atoms with van der Waals surface area (Å²) in [6.07, 6.45) is 4.57. The minimum absolute atomic E-state index is 0.451. The average molecular weight is 410 g/mol. The van der Waals surface area contributed by atoms with Crippen molar-refractivity contribution >= 4 is 5.96 Å². The Morgan fingerprint density at radius 1 is 1.13 bits per heavy atom. The number of aryl methyl sites for hydroxylation is 1. The van der Waals surface area contributed by atoms with E-state index in [1.54, 1.807) is 13.3 Å². The standard InChI is InChI=1S/C23H31N5O2/c1-5-17(6-2)21-13-20(30-28-21)14-26-23(24-4)25-12-11-19-15-29-22(27-19)18-9-7-16(3)8-10-18/h7-10,13,15,17H,5-6,11-12,14H2,1-4H3,(H2,24,25,26). The van der Waals surface area contributed by atoms with Gasteiger partial charge < -0.3 is 19.6 Å². The number of rotatable bonds is 9. The normalized spacial score (nSPS) is 11.8. The monoisotopic (exact) mass is 409 g/mol. The highest BCUT2D eigenvalue weighted by atomic mass is 16.5. The zero-order valence-electron chi connectivity index (χ0n) is 18.2. The van der Waals surface area contributed by atoms with Crippen LogP contribution in [0.15, 0.2) is 50.5 Å². The van der Waals surface area contributed by atoms with Crippen LogP contribution in [0.5, 0.6) is 0 Å². The number of nitrogens with zero attached hydrogens (tertiary/aromatic N) is 3. The van der Waals surface area contributed by atoms with E-state index in [0.29, 0.717) is 30.9 Å². The Morgan fingerprint density at radius 2 is 1.90 bits per heavy atom. The molecule has 3 aromatic rings. The number of oxazole rings is 1. The third kappa shape index (κ3) is 5.72. The first kappa shape index (κ1) is 21.6. The summed E-state index contributed by atoms with van der Waals surface area (Å²) in [5, 5.41) is 10.8. The number of benzene rings is 1. The van der Waals surface area contributed by atoms with Gasteiger partial charge in [0.15, 0.2) is 11.7 Å². The van der Waals surface area contributed by atoms with Crippen molar-refractivity contribution in [3.05, 3.63) is 59.3 Å². The lowest BCUT2D eigenvalue weighted by Gasteiger charge is -2.09. The van der Waals surface area contributed by atoms with Crippen LogP contribution in [0, 0.1) is 6.92 Å². The van der Waals surface area contributed by atoms with Crippen molar-refractivity contribution in [1.82, 2.24) is 20.8 Å². The molecule has 7 nitrogen and oxygen atoms in total. The third-order valence-corrected chi connectivity index (χ3v) is 5.16. The summed E-state index contributed by atoms with van der Waals surface area (Å²) in [6.45, 7) is 7.63. The van der Waals surface area contributed by atoms with E-state index in [4.69, 9.17) is 8.94 Å². The SMILES string of the molecule is CCC(CC)c1cc(CNC(=NC)NCCc2coc(-c3ccc(C)cc3)n2)on1. The molecule has 0 saturated carbocycles. The zero-order chi connectivity index (χ0) is 21.3. The van der Waals surface area contributed by atoms with Crippen LogP contribution >= 0.6 is 0 Å². The van der Waals surface area contributed by atoms with Gasteiger partial charge in [-0.2, -0.15) is 0 Å². The molecule has 0 bridgehead atoms. The summed E-state index contributed by atoms with van der Waals surface area (Å²) in [7, 11) is 1.75. The van der Waals surface area contributed by atoms with Crippen molar-refractivity contribution < 1.29 is 8.94 Å². The fourth-order valence-corrected chi connectivity index (χ4v) is 3.26. The molecule has 0 aliphatic heterocycles. The first-order chi connectivity index (χ1) is 14.6. The van der Waals surface area contributed by atoms with E-state index in [0.717, 1.165) is 42.0 Å². The maximum absolute atomic E-state index is 5.62. The molecule has 0 fully saturated rings. The fourth-order valence-electron chi connectivity index (χ4n) is 3.26. The van der Waals surface area contributed by atoms with Crippen molar-refractivity contribution in [2.45, 2.75) is 52.5 Å². The van der Waals surface area contributed by atoms with Gasteiger partial charge in [-0.25, -0.2) is 4.98 Å². The lowest BCUT2D eigenvalue weighted by molar-refractivity contribution is 0.368. The summed E-state index contributed by atoms with van der Waals surface area (Å²) in [5.41, 5.74) is 4.12. The molecule has 0 radical (unpaired) electrons. The van der Waals surface area contributed by atoms with E-state index >= 15 is 0 Å². The summed E-state index contributed by atoms with van der Waals surface area (Å²) in [4.78, 5) is 8.83. The summed E-state index contributed by atoms with van der Waals surface area (Å²) in [5.74, 6) is 2.61. The summed E-state index contributed by atoms with van der Waals surface area (Å²) in [6, 6.07) is 10.2. The molecule has 1 aromatic carbocycles. The van der Waals surface area contributed by atoms with E-state index in [1.807, 2.05) is 18.2 Å². The van der Waals surface area contributed by atoms with E-state index in [1.165, 1.54) is 5.56 Å². The van der Waals surface area contributed by atoms with Crippen LogP contribution in [-0.2, 0) is 13.0 Å². The number of hydrogen-bond donors (Lipinski definition) is 2. The predicted molar refractivity (Wildman–Crippen MR) is 118 cm³/mol. The third-order valence-electron chi connectivity index (χ3n) is 5.16. The quantitative estimate of drug-likeness (QED) is 0.401. The molecule has 0 spiro atoms. The Morgan fingerprint density at radius 3 is 2.60 bits per heavy atom. The molecule has 7 heteroatoms. The van der Waals surface area contributed by atoms with Gasteiger partial charge in [-0.15, -0.1) is 0 Å². The minimum atomic E-state index is 0.451. The Hall–Kier alpha value is -3.09. The first-order valence-electron chi connectivity index (χ1n) is 10.5. The summed E-state index contributed by atoms with van der Waals surface area (Å²) < 4.78 is 11.1. The molecular weight excluding hydrogens is 378 g/mol. The van der Waals surface area contributed by atoms with Crippen molar-refractivity contribution in [3.8, 4) is 11.5 Å². The van der Waals surface area contributed by atoms with Gasteiger partial charge in [-0.05, 0) is 31.9 Å². The number of guanidine groups is 1. The second-order valence-corrected chi connectivity index (χ2v) is 7.34. The first-order valence-corrected chi connectivity index (χ1v) is 10.5. The lowest BCUT2D eigenvalue weighted by Crippen LogP contribution is -2.37. The van der Waals surface area contributed by atoms with Gasteiger partial charge in [0, 0.05) is 37.6 Å². The van der Waals surface area contributed by atoms with Gasteiger partial charge in [0.1, 0.15) is 6.26 Å². The average Bonchev–Trinajstić information content (AvgIpc) is 3.42. The zero-order valence-corrected chi connectivity index (χ0v) is 18.2. The molecule has 0 aliphatic carbocycles. The molecule has 3 rings (SSSR count). The van der Waals surface area contributed by atoms with Crippen LogP contribution in [0.2, 0.25) is 0 Å². The van der Waals surface area contributed by atoms with Gasteiger partial charge in [0.25, 0.3) is 0 Å². The lowest BCUT2D eigenvalue weighted by atomic mass is 9.99. The van der Waals surface area contributed by atoms with Crippen LogP contribution in [0.3, 0.4) is 0 Å². The molecule has 0 atom stereocenters. The highest BCUT2D eigenvalue weighted by molar-refractivity contribution is 5.79. The van der Waals surface area contributed by atoms with Crippen LogP contribution in [0.4, 0.5) is 0 Å². The van der Waals surface area contributed by atoms with Crippen LogP contribution in [-0.4, -0.2) is 29.7 Å². The maximum atomic E-state index is 5.62. The van der Waals surface area contributed by atoms with Crippen molar-refractivity contribution in [3.63, 3.8) is 0 Å². The summed E-state index contributed by atoms with van der Waals surface area (Å²) >= 11 is 0. The van der Waals surface area contributed by atoms with E-state index in [2.05, 4.69) is 58.7 Å². The van der Waals surface area contributed by atoms with Gasteiger partial charge in [-0.1, -0.05) is 36.7 Å². The Labute approximate surface area is 178 Å². The Bertz CT molecular complexity index is 939. The van der Waals surface area contributed by atoms with E-state index < -0.39 is 0 Å². The second kappa shape index (κ2) is 10.6. The Balaban J connectivity index is 1.45. The molecule has 2 aromatic heterocycles. The van der Waals surface area contributed by atoms with Crippen LogP contribution in [0.1, 0.15) is 55.3 Å². The maximum Gasteiger partial charge on any atom is 0.226 e. The highest BCUT2D eigenvalue weighted by Crippen LogP contribution is 2.22. The van der Waals surface area contributed by atoms with Crippen LogP contribution in [0.25, 0.3) is 11.5 Å². The van der Waals surface area contributed by atoms with Crippen molar-refractivity contribution in [1.29, 1.82) is 0 Å². The van der Waals surface area contributed by atoms with Gasteiger partial charge in [0.05, 0.1) is 17.9 Å². The number of aromatic nitrogens is 2. The molecule has 2 heterocycles. The van der Waals surface area contributed by atoms with E-state index in [-0.39, 0.29) is 0 Å². The molecular formula is C23H31N5O2. The smallest absolute Gasteiger partial charge is 0.226 e. The highest BCUT2D eigenvalue weighted by Gasteiger charge is 2.13. The van der Waals surface area contributed by atoms with Crippen LogP contribution < -0.4 is 10.6 Å². The molecule has 0 unspecified atom stereocenters. The topological polar surface area (TPSA) is 88.5 Å². The van der Waals surface area contributed by atoms with Gasteiger partial charge >= 0.3 is 0 Å². The number of hydrogen-bond acceptors (Lipinski definition) is 5. The number of nitrogens with one attached hydrogen (secondary N) is 2. The molecule has 30 heavy (non-hydrogen) atoms. The van der Waals surface area contributed by atoms with Crippen molar-refractivity contribution in [2.75, 3.05) is 13.6 Å². The molecule has 0 amide bonds. The molecule has 2 N–H and O–H groups in total. The molecule has 160 valence electrons. The number of aliphatic imine (C=N–C) groups is 1. The second-order valence-electron chi connectivity index (χ2n) is 7.34. The van der Waals surface area contributed by atoms with E-state index in [9.17, 15) is 0 Å². The van der Waals surface area contributed by atoms with Gasteiger partial charge in [0.2, 0.25) is 5.89 Å². The molecule has 0 saturated heterocycles. The van der Waals surface area contributed by atoms with Crippen molar-refractivity contribution in [2.24, 2.45) is 4.99 Å².